The number of nitrogens with two attached hydrogens (primary N) is 1. The quantitative estimate of drug-likeness (QED) is 0.516. The zero-order valence-electron chi connectivity index (χ0n) is 8.19. The van der Waals surface area contributed by atoms with Gasteiger partial charge in [0.25, 0.3) is 0 Å². The molecular formula is C8H18N2O3. The maximum absolute atomic E-state index is 11.2. The molecule has 0 heterocycles. The van der Waals surface area contributed by atoms with Gasteiger partial charge in [0, 0.05) is 20.1 Å². The summed E-state index contributed by atoms with van der Waals surface area (Å²) in [5, 5.41) is 8.99. The monoisotopic (exact) mass is 190 g/mol. The van der Waals surface area contributed by atoms with Crippen molar-refractivity contribution in [2.75, 3.05) is 33.4 Å². The third-order valence-corrected chi connectivity index (χ3v) is 1.45. The van der Waals surface area contributed by atoms with E-state index >= 15 is 0 Å². The van der Waals surface area contributed by atoms with Gasteiger partial charge in [0.15, 0.2) is 0 Å². The van der Waals surface area contributed by atoms with Gasteiger partial charge >= 0.3 is 0 Å². The van der Waals surface area contributed by atoms with Crippen LogP contribution in [0.4, 0.5) is 0 Å². The van der Waals surface area contributed by atoms with Gasteiger partial charge in [0.05, 0.1) is 12.7 Å². The van der Waals surface area contributed by atoms with E-state index in [9.17, 15) is 4.79 Å². The summed E-state index contributed by atoms with van der Waals surface area (Å²) in [4.78, 5) is 12.6. The zero-order chi connectivity index (χ0) is 10.3. The molecule has 0 rings (SSSR count). The highest BCUT2D eigenvalue weighted by Gasteiger charge is 2.10. The lowest BCUT2D eigenvalue weighted by Crippen LogP contribution is -2.35. The van der Waals surface area contributed by atoms with E-state index in [4.69, 9.17) is 15.6 Å². The van der Waals surface area contributed by atoms with Crippen molar-refractivity contribution < 1.29 is 14.6 Å². The van der Waals surface area contributed by atoms with E-state index < -0.39 is 6.10 Å². The van der Waals surface area contributed by atoms with Crippen molar-refractivity contribution in [1.82, 2.24) is 4.90 Å². The first-order chi connectivity index (χ1) is 6.07. The number of likely N-dealkylation sites (N-methyl/N-ethyl adjacent to an activating group) is 1. The zero-order valence-corrected chi connectivity index (χ0v) is 8.19. The third kappa shape index (κ3) is 6.51. The molecule has 5 nitrogen and oxygen atoms in total. The summed E-state index contributed by atoms with van der Waals surface area (Å²) in [6.07, 6.45) is -0.511. The van der Waals surface area contributed by atoms with Gasteiger partial charge in [-0.3, -0.25) is 4.79 Å². The molecule has 0 aliphatic rings. The average molecular weight is 190 g/mol. The van der Waals surface area contributed by atoms with Crippen molar-refractivity contribution in [3.63, 3.8) is 0 Å². The Hall–Kier alpha value is -0.650. The summed E-state index contributed by atoms with van der Waals surface area (Å²) >= 11 is 0. The Kier molecular flexibility index (Phi) is 6.48. The molecule has 0 radical (unpaired) electrons. The van der Waals surface area contributed by atoms with E-state index in [1.54, 1.807) is 14.0 Å². The molecule has 0 fully saturated rings. The highest BCUT2D eigenvalue weighted by atomic mass is 16.5. The van der Waals surface area contributed by atoms with E-state index in [0.717, 1.165) is 0 Å². The minimum absolute atomic E-state index is 0.0282. The van der Waals surface area contributed by atoms with Gasteiger partial charge in [0.2, 0.25) is 5.91 Å². The predicted octanol–water partition coefficient (Wildman–Crippen LogP) is -1.20. The number of aliphatic hydroxyl groups is 1. The molecule has 0 spiro atoms. The first kappa shape index (κ1) is 12.3. The molecule has 78 valence electrons. The van der Waals surface area contributed by atoms with E-state index in [-0.39, 0.29) is 12.5 Å². The van der Waals surface area contributed by atoms with Crippen molar-refractivity contribution >= 4 is 5.91 Å². The lowest BCUT2D eigenvalue weighted by molar-refractivity contribution is -0.135. The summed E-state index contributed by atoms with van der Waals surface area (Å²) in [5.41, 5.74) is 5.18. The van der Waals surface area contributed by atoms with Crippen molar-refractivity contribution in [1.29, 1.82) is 0 Å². The highest BCUT2D eigenvalue weighted by molar-refractivity contribution is 5.77. The summed E-state index contributed by atoms with van der Waals surface area (Å²) in [5.74, 6) is -0.144. The van der Waals surface area contributed by atoms with Crippen LogP contribution in [0.1, 0.15) is 6.92 Å². The van der Waals surface area contributed by atoms with Crippen LogP contribution in [0, 0.1) is 0 Å². The molecule has 0 aromatic heterocycles. The van der Waals surface area contributed by atoms with Crippen molar-refractivity contribution in [3.8, 4) is 0 Å². The molecule has 1 amide bonds. The van der Waals surface area contributed by atoms with Gasteiger partial charge in [-0.1, -0.05) is 0 Å². The van der Waals surface area contributed by atoms with Crippen molar-refractivity contribution in [2.45, 2.75) is 13.0 Å². The molecular weight excluding hydrogens is 172 g/mol. The van der Waals surface area contributed by atoms with Gasteiger partial charge in [-0.25, -0.2) is 0 Å². The fourth-order valence-corrected chi connectivity index (χ4v) is 0.851. The first-order valence-corrected chi connectivity index (χ1v) is 4.27. The molecule has 0 aromatic carbocycles. The van der Waals surface area contributed by atoms with Crippen LogP contribution < -0.4 is 5.73 Å². The summed E-state index contributed by atoms with van der Waals surface area (Å²) in [6.45, 7) is 2.78. The molecule has 0 bridgehead atoms. The highest BCUT2D eigenvalue weighted by Crippen LogP contribution is 1.90. The normalized spacial score (nSPS) is 12.6. The Labute approximate surface area is 78.5 Å². The standard InChI is InChI=1S/C8H18N2O3/c1-7(11)5-10(2)8(12)6-13-4-3-9/h7,11H,3-6,9H2,1-2H3. The average Bonchev–Trinajstić information content (AvgIpc) is 2.03. The second kappa shape index (κ2) is 6.82. The van der Waals surface area contributed by atoms with Gasteiger partial charge in [0.1, 0.15) is 6.61 Å². The van der Waals surface area contributed by atoms with Crippen LogP contribution in [0.15, 0.2) is 0 Å². The molecule has 1 atom stereocenters. The lowest BCUT2D eigenvalue weighted by Gasteiger charge is -2.18. The first-order valence-electron chi connectivity index (χ1n) is 4.27. The maximum Gasteiger partial charge on any atom is 0.248 e. The Morgan fingerprint density at radius 1 is 1.69 bits per heavy atom. The molecule has 5 heteroatoms. The second-order valence-electron chi connectivity index (χ2n) is 2.96. The maximum atomic E-state index is 11.2. The molecule has 13 heavy (non-hydrogen) atoms. The predicted molar refractivity (Wildman–Crippen MR) is 49.2 cm³/mol. The van der Waals surface area contributed by atoms with Gasteiger partial charge in [-0.2, -0.15) is 0 Å². The Morgan fingerprint density at radius 2 is 2.31 bits per heavy atom. The van der Waals surface area contributed by atoms with Gasteiger partial charge in [-0.05, 0) is 6.92 Å². The third-order valence-electron chi connectivity index (χ3n) is 1.45. The Balaban J connectivity index is 3.57. The van der Waals surface area contributed by atoms with E-state index in [0.29, 0.717) is 19.7 Å². The molecule has 0 aliphatic heterocycles. The SMILES string of the molecule is CC(O)CN(C)C(=O)COCCN. The minimum atomic E-state index is -0.511. The fraction of sp³-hybridized carbons (Fsp3) is 0.875. The summed E-state index contributed by atoms with van der Waals surface area (Å²) in [6, 6.07) is 0. The van der Waals surface area contributed by atoms with Crippen LogP contribution in [0.2, 0.25) is 0 Å². The van der Waals surface area contributed by atoms with Crippen LogP contribution in [-0.2, 0) is 9.53 Å². The number of hydrogen-bond donors (Lipinski definition) is 2. The van der Waals surface area contributed by atoms with Gasteiger partial charge in [-0.15, -0.1) is 0 Å². The molecule has 0 aliphatic carbocycles. The number of hydrogen-bond acceptors (Lipinski definition) is 4. The summed E-state index contributed by atoms with van der Waals surface area (Å²) < 4.78 is 4.95. The number of rotatable bonds is 6. The second-order valence-corrected chi connectivity index (χ2v) is 2.96. The van der Waals surface area contributed by atoms with Crippen LogP contribution >= 0.6 is 0 Å². The molecule has 0 saturated carbocycles. The number of carbonyl (C=O) groups excluding carboxylic acids is 1. The number of carbonyl (C=O) groups is 1. The number of nitrogens with zero attached hydrogens (tertiary/aromatic N) is 1. The van der Waals surface area contributed by atoms with Crippen LogP contribution in [0.25, 0.3) is 0 Å². The fourth-order valence-electron chi connectivity index (χ4n) is 0.851. The molecule has 3 N–H and O–H groups in total. The minimum Gasteiger partial charge on any atom is -0.392 e. The van der Waals surface area contributed by atoms with E-state index in [2.05, 4.69) is 0 Å². The summed E-state index contributed by atoms with van der Waals surface area (Å²) in [7, 11) is 1.63. The Bertz CT molecular complexity index is 150. The van der Waals surface area contributed by atoms with Crippen molar-refractivity contribution in [2.24, 2.45) is 5.73 Å². The number of aliphatic hydroxyl groups excluding tert-OH is 1. The molecule has 1 unspecified atom stereocenters. The van der Waals surface area contributed by atoms with Gasteiger partial charge < -0.3 is 20.5 Å². The van der Waals surface area contributed by atoms with E-state index in [1.165, 1.54) is 4.90 Å². The molecule has 0 saturated heterocycles. The lowest BCUT2D eigenvalue weighted by atomic mass is 10.4. The van der Waals surface area contributed by atoms with Crippen LogP contribution in [0.3, 0.4) is 0 Å². The van der Waals surface area contributed by atoms with E-state index in [1.807, 2.05) is 0 Å². The Morgan fingerprint density at radius 3 is 2.77 bits per heavy atom. The topological polar surface area (TPSA) is 75.8 Å². The smallest absolute Gasteiger partial charge is 0.248 e. The number of ether oxygens (including phenoxy) is 1. The largest absolute Gasteiger partial charge is 0.392 e. The number of amides is 1. The molecule has 0 aromatic rings. The van der Waals surface area contributed by atoms with Crippen LogP contribution in [0.5, 0.6) is 0 Å². The van der Waals surface area contributed by atoms with Crippen molar-refractivity contribution in [3.05, 3.63) is 0 Å². The van der Waals surface area contributed by atoms with Crippen LogP contribution in [-0.4, -0.2) is 55.4 Å².